The highest BCUT2D eigenvalue weighted by atomic mass is 15.0. The zero-order valence-electron chi connectivity index (χ0n) is 85.4. The number of nitrogens with zero attached hydrogens (tertiary/aromatic N) is 14. The van der Waals surface area contributed by atoms with Gasteiger partial charge in [-0.25, -0.2) is 44.9 Å². The highest BCUT2D eigenvalue weighted by molar-refractivity contribution is 6.08. The minimum Gasteiger partial charge on any atom is -0.265 e. The summed E-state index contributed by atoms with van der Waals surface area (Å²) in [5.74, 6) is 1.58. The molecule has 0 aliphatic heterocycles. The summed E-state index contributed by atoms with van der Waals surface area (Å²) in [5, 5.41) is 10.7. The maximum Gasteiger partial charge on any atom is 0.128 e. The number of hydrogen-bond donors (Lipinski definition) is 0. The molecule has 0 spiro atoms. The third kappa shape index (κ3) is 75.3. The minimum absolute atomic E-state index is 0.759. The Hall–Kier alpha value is -12.4. The molecule has 0 aliphatic rings. The summed E-state index contributed by atoms with van der Waals surface area (Å²) < 4.78 is 0. The van der Waals surface area contributed by atoms with Crippen molar-refractivity contribution in [3.05, 3.63) is 398 Å². The second-order valence-electron chi connectivity index (χ2n) is 22.4. The fraction of sp³-hybridized carbons (Fsp3) is 0.339. The summed E-state index contributed by atoms with van der Waals surface area (Å²) >= 11 is 0. The van der Waals surface area contributed by atoms with Crippen molar-refractivity contribution in [2.45, 2.75) is 263 Å². The van der Waals surface area contributed by atoms with Crippen molar-refractivity contribution in [3.63, 3.8) is 0 Å². The third-order valence-corrected chi connectivity index (χ3v) is 13.7. The molecule has 8 heterocycles. The van der Waals surface area contributed by atoms with Crippen molar-refractivity contribution in [3.8, 4) is 0 Å². The number of hydrogen-bond acceptors (Lipinski definition) is 14. The van der Waals surface area contributed by atoms with Crippen molar-refractivity contribution < 1.29 is 0 Å². The van der Waals surface area contributed by atoms with Crippen LogP contribution < -0.4 is 0 Å². The van der Waals surface area contributed by atoms with Gasteiger partial charge in [0.25, 0.3) is 0 Å². The summed E-state index contributed by atoms with van der Waals surface area (Å²) in [6.07, 6.45) is 28.7. The number of rotatable bonds is 0. The normalized spacial score (nSPS) is 8.08. The zero-order valence-corrected chi connectivity index (χ0v) is 85.4. The Morgan fingerprint density at radius 1 is 0.159 bits per heavy atom. The van der Waals surface area contributed by atoms with E-state index in [2.05, 4.69) is 249 Å². The van der Waals surface area contributed by atoms with Crippen LogP contribution in [0.25, 0.3) is 43.1 Å². The zero-order chi connectivity index (χ0) is 97.6. The topological polar surface area (TPSA) is 180 Å². The van der Waals surface area contributed by atoms with Gasteiger partial charge in [0.2, 0.25) is 0 Å². The van der Waals surface area contributed by atoms with E-state index in [0.717, 1.165) is 34.3 Å². The Morgan fingerprint density at radius 3 is 0.929 bits per heavy atom. The van der Waals surface area contributed by atoms with Crippen molar-refractivity contribution >= 4 is 43.1 Å². The van der Waals surface area contributed by atoms with E-state index in [1.165, 1.54) is 102 Å². The highest BCUT2D eigenvalue weighted by Crippen LogP contribution is 2.28. The van der Waals surface area contributed by atoms with Crippen LogP contribution in [0.2, 0.25) is 0 Å². The lowest BCUT2D eigenvalue weighted by atomic mass is 9.98. The van der Waals surface area contributed by atoms with Crippen LogP contribution in [0.1, 0.15) is 248 Å². The fourth-order valence-electron chi connectivity index (χ4n) is 8.57. The van der Waals surface area contributed by atoms with Gasteiger partial charge in [-0.15, -0.1) is 0 Å². The first-order valence-electron chi connectivity index (χ1n) is 45.5. The van der Waals surface area contributed by atoms with E-state index >= 15 is 0 Å². The number of aryl methyl sites for hydroxylation is 12. The molecule has 0 saturated heterocycles. The summed E-state index contributed by atoms with van der Waals surface area (Å²) in [4.78, 5) is 53.5. The van der Waals surface area contributed by atoms with Crippen molar-refractivity contribution in [1.29, 1.82) is 0 Å². The van der Waals surface area contributed by atoms with E-state index in [-0.39, 0.29) is 0 Å². The maximum absolute atomic E-state index is 3.98. The quantitative estimate of drug-likeness (QED) is 0.131. The molecule has 0 N–H and O–H groups in total. The SMILES string of the molecule is CC.CC.CC.CC.CC.CC.CC.CC.CC.CC.CC.CC.CC.Cc1cc2ccccc2c2ccccc12.Cc1ccc2ccccc2c1.Cc1cccc2ccccc12.Cc1ccccc1.Cc1ccccn1.Cc1cccnc1.Cc1ccncc1.Cc1ccncn1.Cc1cnccn1.Cc1cncnc1.Cc1ncccn1.Cc1ncncn1. The van der Waals surface area contributed by atoms with Crippen molar-refractivity contribution in [2.75, 3.05) is 0 Å². The Balaban J connectivity index is -0.000000166. The van der Waals surface area contributed by atoms with Gasteiger partial charge < -0.3 is 0 Å². The van der Waals surface area contributed by atoms with Gasteiger partial charge in [-0.1, -0.05) is 373 Å². The summed E-state index contributed by atoms with van der Waals surface area (Å²) in [7, 11) is 0. The summed E-state index contributed by atoms with van der Waals surface area (Å²) in [6, 6.07) is 76.8. The van der Waals surface area contributed by atoms with Crippen LogP contribution in [0.15, 0.2) is 330 Å². The molecule has 0 aliphatic carbocycles. The molecular formula is C112H168N14. The average Bonchev–Trinajstić information content (AvgIpc) is 0.785. The van der Waals surface area contributed by atoms with Crippen LogP contribution in [-0.2, 0) is 0 Å². The first-order chi connectivity index (χ1) is 61.6. The average molecular weight is 1710 g/mol. The molecule has 16 aromatic rings. The highest BCUT2D eigenvalue weighted by Gasteiger charge is 2.02. The van der Waals surface area contributed by atoms with Crippen LogP contribution in [0.5, 0.6) is 0 Å². The van der Waals surface area contributed by atoms with Gasteiger partial charge in [-0.05, 0) is 196 Å². The lowest BCUT2D eigenvalue weighted by Crippen LogP contribution is -1.84. The van der Waals surface area contributed by atoms with E-state index in [9.17, 15) is 0 Å². The summed E-state index contributed by atoms with van der Waals surface area (Å²) in [6.45, 7) is 76.0. The van der Waals surface area contributed by atoms with Gasteiger partial charge in [-0.3, -0.25) is 24.9 Å². The molecule has 8 aromatic carbocycles. The van der Waals surface area contributed by atoms with Crippen LogP contribution in [-0.4, -0.2) is 69.8 Å². The van der Waals surface area contributed by atoms with Gasteiger partial charge >= 0.3 is 0 Å². The van der Waals surface area contributed by atoms with Crippen LogP contribution in [0, 0.1) is 83.1 Å². The standard InChI is InChI=1S/C15H12.2C11H10.C7H8.3C6H7N.4C5H6N2.C4H5N3.13C2H6/c1-11-10-12-6-2-3-8-14(12)15-9-5-4-7-13(11)15;1-9-5-4-7-10-6-2-3-8-11(9)10;1-9-6-7-10-4-2-3-5-11(10)8-9;1-7-5-3-2-4-6-7;1-6-2-4-7-5-3-6;1-6-3-2-4-7-5-6;1-6-4-2-3-5-7-6;1-5-2-6-4-7-3-5;1-5-4-6-2-3-7-5;1-5-2-3-6-4-7-5;1-5-6-3-2-4-7-5;1-4-6-2-5-3-7-4;13*1-2/h2-10H,1H3;2*2-8H,1H3;2-6H,1H3;3*2-5H,1H3;4*2-4H,1H3;2-3H,1H3;13*1-2H3. The van der Waals surface area contributed by atoms with E-state index in [0.29, 0.717) is 0 Å². The van der Waals surface area contributed by atoms with Crippen molar-refractivity contribution in [2.24, 2.45) is 0 Å². The van der Waals surface area contributed by atoms with Crippen molar-refractivity contribution in [1.82, 2.24) is 69.8 Å². The van der Waals surface area contributed by atoms with Gasteiger partial charge in [0.05, 0.1) is 5.69 Å². The number of pyridine rings is 3. The smallest absolute Gasteiger partial charge is 0.128 e. The molecule has 686 valence electrons. The van der Waals surface area contributed by atoms with E-state index in [1.807, 2.05) is 308 Å². The van der Waals surface area contributed by atoms with Gasteiger partial charge in [0.15, 0.2) is 0 Å². The second-order valence-corrected chi connectivity index (χ2v) is 22.4. The Morgan fingerprint density at radius 2 is 0.571 bits per heavy atom. The molecule has 14 nitrogen and oxygen atoms in total. The van der Waals surface area contributed by atoms with Gasteiger partial charge in [0.1, 0.15) is 37.0 Å². The van der Waals surface area contributed by atoms with Crippen LogP contribution in [0.4, 0.5) is 0 Å². The lowest BCUT2D eigenvalue weighted by Gasteiger charge is -2.06. The molecule has 0 unspecified atom stereocenters. The molecule has 0 fully saturated rings. The number of benzene rings is 8. The lowest BCUT2D eigenvalue weighted by molar-refractivity contribution is 0.974. The second kappa shape index (κ2) is 105. The van der Waals surface area contributed by atoms with E-state index < -0.39 is 0 Å². The predicted octanol–water partition coefficient (Wildman–Crippen LogP) is 33.4. The molecule has 0 atom stereocenters. The fourth-order valence-corrected chi connectivity index (χ4v) is 8.57. The molecule has 14 heteroatoms. The van der Waals surface area contributed by atoms with Crippen LogP contribution in [0.3, 0.4) is 0 Å². The number of fused-ring (bicyclic) bond motifs is 5. The molecule has 0 saturated carbocycles. The molecule has 16 rings (SSSR count). The van der Waals surface area contributed by atoms with E-state index in [4.69, 9.17) is 0 Å². The van der Waals surface area contributed by atoms with Gasteiger partial charge in [0, 0.05) is 91.9 Å². The minimum atomic E-state index is 0.759. The number of aromatic nitrogens is 14. The first kappa shape index (κ1) is 132. The largest absolute Gasteiger partial charge is 0.265 e. The molecule has 126 heavy (non-hydrogen) atoms. The third-order valence-electron chi connectivity index (χ3n) is 13.7. The van der Waals surface area contributed by atoms with Crippen LogP contribution >= 0.6 is 0 Å². The molecular weight excluding hydrogens is 1540 g/mol. The molecule has 8 aromatic heterocycles. The Labute approximate surface area is 769 Å². The molecule has 0 bridgehead atoms. The molecule has 0 radical (unpaired) electrons. The van der Waals surface area contributed by atoms with Gasteiger partial charge in [-0.2, -0.15) is 0 Å². The predicted molar refractivity (Wildman–Crippen MR) is 561 cm³/mol. The maximum atomic E-state index is 3.98. The molecule has 0 amide bonds. The monoisotopic (exact) mass is 1710 g/mol. The summed E-state index contributed by atoms with van der Waals surface area (Å²) in [5.41, 5.74) is 12.0. The first-order valence-corrected chi connectivity index (χ1v) is 45.5. The van der Waals surface area contributed by atoms with E-state index in [1.54, 1.807) is 80.4 Å². The Kier molecular flexibility index (Phi) is 110. The Bertz CT molecular complexity index is 4170.